The molecule has 0 radical (unpaired) electrons. The fourth-order valence-electron chi connectivity index (χ4n) is 6.26. The van der Waals surface area contributed by atoms with Crippen molar-refractivity contribution >= 4 is 40.7 Å². The van der Waals surface area contributed by atoms with E-state index in [1.165, 1.54) is 43.3 Å². The summed E-state index contributed by atoms with van der Waals surface area (Å²) in [5, 5.41) is 20.5. The molecule has 6 N–H and O–H groups in total. The number of pyridine rings is 2. The van der Waals surface area contributed by atoms with Crippen molar-refractivity contribution in [2.24, 2.45) is 5.73 Å². The molecule has 2 aromatic heterocycles. The number of β-amino-alcohol motifs (C(OH)–C–C–N with tert-alkyl or cyclic N) is 1. The monoisotopic (exact) mass is 654 g/mol. The van der Waals surface area contributed by atoms with E-state index in [1.807, 2.05) is 19.9 Å². The van der Waals surface area contributed by atoms with Gasteiger partial charge in [-0.2, -0.15) is 0 Å². The van der Waals surface area contributed by atoms with Gasteiger partial charge < -0.3 is 36.3 Å². The van der Waals surface area contributed by atoms with Crippen molar-refractivity contribution in [1.29, 1.82) is 0 Å². The third-order valence-corrected chi connectivity index (χ3v) is 9.23. The maximum absolute atomic E-state index is 13.9. The average Bonchev–Trinajstić information content (AvgIpc) is 3.40. The first-order valence-corrected chi connectivity index (χ1v) is 15.3. The molecule has 48 heavy (non-hydrogen) atoms. The summed E-state index contributed by atoms with van der Waals surface area (Å²) in [7, 11) is 0. The van der Waals surface area contributed by atoms with Crippen molar-refractivity contribution < 1.29 is 33.4 Å². The van der Waals surface area contributed by atoms with Crippen LogP contribution in [0.3, 0.4) is 0 Å². The fourth-order valence-corrected chi connectivity index (χ4v) is 6.26. The molecule has 3 atom stereocenters. The van der Waals surface area contributed by atoms with Crippen LogP contribution in [0.25, 0.3) is 22.2 Å². The van der Waals surface area contributed by atoms with Crippen LogP contribution in [0.1, 0.15) is 53.1 Å². The first-order chi connectivity index (χ1) is 22.6. The predicted octanol–water partition coefficient (Wildman–Crippen LogP) is 3.33. The summed E-state index contributed by atoms with van der Waals surface area (Å²) in [4.78, 5) is 62.4. The quantitative estimate of drug-likeness (QED) is 0.207. The number of benzene rings is 2. The fraction of sp³-hybridized carbons (Fsp3) is 0.314. The maximum atomic E-state index is 13.9. The highest BCUT2D eigenvalue weighted by atomic mass is 19.1. The molecule has 13 heteroatoms. The lowest BCUT2D eigenvalue weighted by atomic mass is 9.73. The second-order valence-electron chi connectivity index (χ2n) is 13.1. The van der Waals surface area contributed by atoms with Gasteiger partial charge in [-0.05, 0) is 88.2 Å². The summed E-state index contributed by atoms with van der Waals surface area (Å²) in [6.07, 6.45) is 0.274. The molecule has 4 amide bonds. The lowest BCUT2D eigenvalue weighted by molar-refractivity contribution is -0.123. The predicted molar refractivity (Wildman–Crippen MR) is 175 cm³/mol. The summed E-state index contributed by atoms with van der Waals surface area (Å²) in [5.74, 6) is -1.48. The number of hydrogen-bond donors (Lipinski definition) is 5. The van der Waals surface area contributed by atoms with E-state index in [9.17, 15) is 28.7 Å². The van der Waals surface area contributed by atoms with Gasteiger partial charge in [-0.25, -0.2) is 14.2 Å². The lowest BCUT2D eigenvalue weighted by Crippen LogP contribution is -2.51. The Bertz CT molecular complexity index is 2020. The zero-order chi connectivity index (χ0) is 34.6. The van der Waals surface area contributed by atoms with Crippen LogP contribution < -0.4 is 26.4 Å². The smallest absolute Gasteiger partial charge is 0.319 e. The molecule has 12 nitrogen and oxygen atoms in total. The Kier molecular flexibility index (Phi) is 7.90. The van der Waals surface area contributed by atoms with Crippen LogP contribution in [0, 0.1) is 19.7 Å². The van der Waals surface area contributed by atoms with Gasteiger partial charge in [-0.15, -0.1) is 0 Å². The van der Waals surface area contributed by atoms with Crippen LogP contribution in [-0.2, 0) is 20.4 Å². The number of aromatic nitrogens is 2. The van der Waals surface area contributed by atoms with E-state index < -0.39 is 40.1 Å². The zero-order valence-corrected chi connectivity index (χ0v) is 26.9. The highest BCUT2D eigenvalue weighted by Gasteiger charge is 2.47. The van der Waals surface area contributed by atoms with Gasteiger partial charge in [0, 0.05) is 40.9 Å². The van der Waals surface area contributed by atoms with E-state index in [0.717, 1.165) is 11.3 Å². The van der Waals surface area contributed by atoms with E-state index in [2.05, 4.69) is 20.9 Å². The molecule has 6 rings (SSSR count). The second-order valence-corrected chi connectivity index (χ2v) is 13.1. The van der Waals surface area contributed by atoms with Gasteiger partial charge in [0.25, 0.3) is 5.91 Å². The van der Waals surface area contributed by atoms with Crippen molar-refractivity contribution in [2.45, 2.75) is 50.5 Å². The third-order valence-electron chi connectivity index (χ3n) is 9.23. The number of rotatable bonds is 4. The summed E-state index contributed by atoms with van der Waals surface area (Å²) in [6, 6.07) is 11.3. The SMILES string of the molecule is Cc1cc2cc3cc(c2nc1C)NC(=O)NCC(C)(O)C[C@@](C=O)(c1cc2c(c(-c4ccc(F)cc4)n1)OC[C@]2(C)C(N)=O)CNC3=O. The van der Waals surface area contributed by atoms with Crippen molar-refractivity contribution in [1.82, 2.24) is 20.6 Å². The summed E-state index contributed by atoms with van der Waals surface area (Å²) in [6.45, 7) is 6.06. The van der Waals surface area contributed by atoms with Crippen LogP contribution in [0.4, 0.5) is 14.9 Å². The molecule has 2 aliphatic rings. The molecule has 2 aromatic carbocycles. The van der Waals surface area contributed by atoms with Crippen LogP contribution in [0.15, 0.2) is 48.5 Å². The molecular weight excluding hydrogens is 619 g/mol. The first kappa shape index (κ1) is 32.5. The molecule has 0 saturated carbocycles. The van der Waals surface area contributed by atoms with Gasteiger partial charge in [0.05, 0.1) is 27.9 Å². The number of urea groups is 1. The van der Waals surface area contributed by atoms with E-state index in [-0.39, 0.29) is 54.5 Å². The van der Waals surface area contributed by atoms with Crippen LogP contribution in [-0.4, -0.2) is 64.5 Å². The molecule has 0 fully saturated rings. The Hall–Kier alpha value is -5.43. The number of fused-ring (bicyclic) bond motifs is 5. The number of nitrogens with one attached hydrogen (secondary N) is 3. The van der Waals surface area contributed by atoms with E-state index >= 15 is 0 Å². The van der Waals surface area contributed by atoms with Crippen LogP contribution in [0.2, 0.25) is 0 Å². The molecule has 0 spiro atoms. The number of nitrogens with two attached hydrogens (primary N) is 1. The third kappa shape index (κ3) is 5.70. The molecule has 2 aliphatic heterocycles. The number of aldehydes is 1. The summed E-state index contributed by atoms with van der Waals surface area (Å²) >= 11 is 0. The normalized spacial score (nSPS) is 24.1. The minimum Gasteiger partial charge on any atom is -0.489 e. The minimum atomic E-state index is -1.72. The minimum absolute atomic E-state index is 0.1000. The standard InChI is InChI=1S/C35H35FN6O6/c1-18-9-21-10-22-11-25(27(21)40-19(18)2)41-32(46)39-14-33(3,47)13-35(16-43,15-38-30(22)44)26-12-24-29(48-17-34(24,4)31(37)45)28(42-26)20-5-7-23(36)8-6-20/h5-12,16,47H,13-15,17H2,1-4H3,(H2,37,45)(H,38,44)(H2,39,41,46)/t33?,34-,35+/m0/s1. The molecular formula is C35H35FN6O6. The Morgan fingerprint density at radius 3 is 2.44 bits per heavy atom. The van der Waals surface area contributed by atoms with Crippen molar-refractivity contribution in [3.63, 3.8) is 0 Å². The van der Waals surface area contributed by atoms with Gasteiger partial charge in [0.15, 0.2) is 0 Å². The Balaban J connectivity index is 1.53. The molecule has 0 saturated heterocycles. The Labute approximate surface area is 275 Å². The number of carbonyl (C=O) groups excluding carboxylic acids is 4. The Morgan fingerprint density at radius 2 is 1.75 bits per heavy atom. The molecule has 4 heterocycles. The molecule has 4 aromatic rings. The van der Waals surface area contributed by atoms with Crippen molar-refractivity contribution in [3.8, 4) is 17.0 Å². The molecule has 248 valence electrons. The Morgan fingerprint density at radius 1 is 1.02 bits per heavy atom. The van der Waals surface area contributed by atoms with E-state index in [4.69, 9.17) is 15.5 Å². The summed E-state index contributed by atoms with van der Waals surface area (Å²) < 4.78 is 19.9. The zero-order valence-electron chi connectivity index (χ0n) is 26.9. The van der Waals surface area contributed by atoms with Gasteiger partial charge in [-0.3, -0.25) is 14.6 Å². The van der Waals surface area contributed by atoms with Gasteiger partial charge in [0.2, 0.25) is 5.91 Å². The largest absolute Gasteiger partial charge is 0.489 e. The topological polar surface area (TPSA) is 186 Å². The summed E-state index contributed by atoms with van der Waals surface area (Å²) in [5.41, 5.74) is 4.80. The van der Waals surface area contributed by atoms with Gasteiger partial charge >= 0.3 is 6.03 Å². The van der Waals surface area contributed by atoms with E-state index in [0.29, 0.717) is 28.3 Å². The number of aryl methyl sites for hydroxylation is 2. The molecule has 0 aliphatic carbocycles. The second kappa shape index (κ2) is 11.7. The van der Waals surface area contributed by atoms with E-state index in [1.54, 1.807) is 13.0 Å². The van der Waals surface area contributed by atoms with Crippen LogP contribution in [0.5, 0.6) is 5.75 Å². The number of carbonyl (C=O) groups is 4. The molecule has 2 bridgehead atoms. The maximum Gasteiger partial charge on any atom is 0.319 e. The number of amides is 4. The van der Waals surface area contributed by atoms with Crippen molar-refractivity contribution in [3.05, 3.63) is 82.4 Å². The number of aliphatic hydroxyl groups is 1. The van der Waals surface area contributed by atoms with Crippen LogP contribution >= 0.6 is 0 Å². The van der Waals surface area contributed by atoms with Crippen molar-refractivity contribution in [2.75, 3.05) is 25.0 Å². The number of hydrogen-bond acceptors (Lipinski definition) is 8. The average molecular weight is 655 g/mol. The van der Waals surface area contributed by atoms with Gasteiger partial charge in [-0.1, -0.05) is 0 Å². The highest BCUT2D eigenvalue weighted by molar-refractivity contribution is 6.06. The first-order valence-electron chi connectivity index (χ1n) is 15.3. The number of primary amides is 1. The molecule has 1 unspecified atom stereocenters. The highest BCUT2D eigenvalue weighted by Crippen LogP contribution is 2.46. The number of halogens is 1. The lowest BCUT2D eigenvalue weighted by Gasteiger charge is -2.36. The van der Waals surface area contributed by atoms with Gasteiger partial charge in [0.1, 0.15) is 35.6 Å². The number of nitrogens with zero attached hydrogens (tertiary/aromatic N) is 2. The number of anilines is 1. The number of ether oxygens (including phenoxy) is 1.